The minimum Gasteiger partial charge on any atom is -0.397 e. The van der Waals surface area contributed by atoms with Gasteiger partial charge in [-0.15, -0.1) is 0 Å². The zero-order valence-corrected chi connectivity index (χ0v) is 7.70. The van der Waals surface area contributed by atoms with Crippen LogP contribution in [0, 0.1) is 0 Å². The van der Waals surface area contributed by atoms with Crippen LogP contribution in [0.2, 0.25) is 0 Å². The Hall–Kier alpha value is -2.03. The van der Waals surface area contributed by atoms with Gasteiger partial charge in [-0.2, -0.15) is 0 Å². The van der Waals surface area contributed by atoms with E-state index in [1.54, 1.807) is 6.20 Å². The van der Waals surface area contributed by atoms with Gasteiger partial charge in [0.15, 0.2) is 0 Å². The molecule has 0 fully saturated rings. The van der Waals surface area contributed by atoms with E-state index in [9.17, 15) is 0 Å². The van der Waals surface area contributed by atoms with Crippen molar-refractivity contribution in [1.29, 1.82) is 0 Å². The van der Waals surface area contributed by atoms with Crippen LogP contribution in [0.5, 0.6) is 0 Å². The molecule has 2 heterocycles. The zero-order valence-electron chi connectivity index (χ0n) is 7.70. The maximum Gasteiger partial charge on any atom is 0.0704 e. The van der Waals surface area contributed by atoms with E-state index < -0.39 is 0 Å². The summed E-state index contributed by atoms with van der Waals surface area (Å²) in [5.74, 6) is 0. The summed E-state index contributed by atoms with van der Waals surface area (Å²) >= 11 is 0. The van der Waals surface area contributed by atoms with Gasteiger partial charge >= 0.3 is 0 Å². The number of pyridine rings is 1. The van der Waals surface area contributed by atoms with E-state index in [-0.39, 0.29) is 0 Å². The van der Waals surface area contributed by atoms with Crippen LogP contribution in [0.4, 0.5) is 5.69 Å². The van der Waals surface area contributed by atoms with Gasteiger partial charge in [-0.1, -0.05) is 6.58 Å². The highest BCUT2D eigenvalue weighted by Crippen LogP contribution is 2.18. The van der Waals surface area contributed by atoms with Crippen molar-refractivity contribution < 1.29 is 0 Å². The Bertz CT molecular complexity index is 413. The SMILES string of the molecule is C=C1C=C(c2ccc(N)cn2)C=CN1. The van der Waals surface area contributed by atoms with E-state index in [2.05, 4.69) is 16.9 Å². The van der Waals surface area contributed by atoms with Crippen LogP contribution in [0.1, 0.15) is 5.69 Å². The lowest BCUT2D eigenvalue weighted by molar-refractivity contribution is 1.10. The number of nitrogens with one attached hydrogen (secondary N) is 1. The Kier molecular flexibility index (Phi) is 2.07. The van der Waals surface area contributed by atoms with Gasteiger partial charge in [0.25, 0.3) is 0 Å². The first-order chi connectivity index (χ1) is 6.75. The van der Waals surface area contributed by atoms with Gasteiger partial charge in [0, 0.05) is 17.5 Å². The fraction of sp³-hybridized carbons (Fsp3) is 0. The summed E-state index contributed by atoms with van der Waals surface area (Å²) in [7, 11) is 0. The monoisotopic (exact) mass is 185 g/mol. The Balaban J connectivity index is 2.35. The molecule has 0 aliphatic carbocycles. The minimum atomic E-state index is 0.672. The van der Waals surface area contributed by atoms with Crippen LogP contribution in [0.3, 0.4) is 0 Å². The second-order valence-corrected chi connectivity index (χ2v) is 3.08. The molecule has 0 radical (unpaired) electrons. The minimum absolute atomic E-state index is 0.672. The molecule has 0 amide bonds. The van der Waals surface area contributed by atoms with Crippen LogP contribution < -0.4 is 11.1 Å². The number of allylic oxidation sites excluding steroid dienone is 3. The van der Waals surface area contributed by atoms with E-state index in [1.807, 2.05) is 30.5 Å². The molecule has 2 rings (SSSR count). The summed E-state index contributed by atoms with van der Waals surface area (Å²) in [6.45, 7) is 3.82. The van der Waals surface area contributed by atoms with Gasteiger partial charge < -0.3 is 11.1 Å². The highest BCUT2D eigenvalue weighted by molar-refractivity contribution is 5.75. The largest absolute Gasteiger partial charge is 0.397 e. The van der Waals surface area contributed by atoms with Crippen LogP contribution in [0.25, 0.3) is 5.57 Å². The quantitative estimate of drug-likeness (QED) is 0.699. The summed E-state index contributed by atoms with van der Waals surface area (Å²) in [5, 5.41) is 2.99. The molecule has 0 atom stereocenters. The van der Waals surface area contributed by atoms with Crippen molar-refractivity contribution >= 4 is 11.3 Å². The van der Waals surface area contributed by atoms with Crippen molar-refractivity contribution in [3.05, 3.63) is 54.7 Å². The molecule has 3 N–H and O–H groups in total. The third kappa shape index (κ3) is 1.66. The molecule has 1 aliphatic rings. The molecule has 1 aromatic heterocycles. The maximum atomic E-state index is 5.55. The number of anilines is 1. The Morgan fingerprint density at radius 3 is 2.86 bits per heavy atom. The number of dihydropyridines is 1. The van der Waals surface area contributed by atoms with Crippen molar-refractivity contribution in [2.24, 2.45) is 0 Å². The van der Waals surface area contributed by atoms with Gasteiger partial charge in [-0.25, -0.2) is 0 Å². The van der Waals surface area contributed by atoms with Crippen molar-refractivity contribution in [2.45, 2.75) is 0 Å². The van der Waals surface area contributed by atoms with Gasteiger partial charge in [0.1, 0.15) is 0 Å². The molecule has 3 nitrogen and oxygen atoms in total. The molecule has 1 aliphatic heterocycles. The normalized spacial score (nSPS) is 14.9. The lowest BCUT2D eigenvalue weighted by Gasteiger charge is -2.09. The first-order valence-corrected chi connectivity index (χ1v) is 4.31. The number of nitrogens with zero attached hydrogens (tertiary/aromatic N) is 1. The molecule has 0 saturated carbocycles. The average molecular weight is 185 g/mol. The standard InChI is InChI=1S/C11H11N3/c1-8-6-9(4-5-13-8)11-3-2-10(12)7-14-11/h2-7,13H,1,12H2. The topological polar surface area (TPSA) is 50.9 Å². The predicted octanol–water partition coefficient (Wildman–Crippen LogP) is 1.68. The summed E-state index contributed by atoms with van der Waals surface area (Å²) in [6.07, 6.45) is 7.39. The number of rotatable bonds is 1. The van der Waals surface area contributed by atoms with E-state index in [1.165, 1.54) is 0 Å². The third-order valence-corrected chi connectivity index (χ3v) is 1.94. The van der Waals surface area contributed by atoms with Crippen LogP contribution in [0.15, 0.2) is 49.0 Å². The molecular weight excluding hydrogens is 174 g/mol. The number of aromatic nitrogens is 1. The van der Waals surface area contributed by atoms with E-state index in [4.69, 9.17) is 5.73 Å². The molecular formula is C11H11N3. The first kappa shape index (κ1) is 8.56. The fourth-order valence-corrected chi connectivity index (χ4v) is 1.25. The lowest BCUT2D eigenvalue weighted by atomic mass is 10.1. The highest BCUT2D eigenvalue weighted by atomic mass is 14.8. The molecule has 0 aromatic carbocycles. The molecule has 70 valence electrons. The van der Waals surface area contributed by atoms with Gasteiger partial charge in [0.05, 0.1) is 17.6 Å². The smallest absolute Gasteiger partial charge is 0.0704 e. The molecule has 3 heteroatoms. The third-order valence-electron chi connectivity index (χ3n) is 1.94. The Labute approximate surface area is 82.7 Å². The second-order valence-electron chi connectivity index (χ2n) is 3.08. The van der Waals surface area contributed by atoms with Crippen molar-refractivity contribution in [3.63, 3.8) is 0 Å². The predicted molar refractivity (Wildman–Crippen MR) is 58.0 cm³/mol. The summed E-state index contributed by atoms with van der Waals surface area (Å²) in [6, 6.07) is 3.73. The van der Waals surface area contributed by atoms with E-state index >= 15 is 0 Å². The molecule has 0 unspecified atom stereocenters. The Morgan fingerprint density at radius 1 is 1.36 bits per heavy atom. The zero-order chi connectivity index (χ0) is 9.97. The summed E-state index contributed by atoms with van der Waals surface area (Å²) in [5.41, 5.74) is 9.02. The first-order valence-electron chi connectivity index (χ1n) is 4.31. The van der Waals surface area contributed by atoms with Gasteiger partial charge in [0.2, 0.25) is 0 Å². The fourth-order valence-electron chi connectivity index (χ4n) is 1.25. The van der Waals surface area contributed by atoms with Crippen LogP contribution in [-0.2, 0) is 0 Å². The molecule has 1 aromatic rings. The van der Waals surface area contributed by atoms with Crippen molar-refractivity contribution in [3.8, 4) is 0 Å². The van der Waals surface area contributed by atoms with Crippen LogP contribution >= 0.6 is 0 Å². The molecule has 14 heavy (non-hydrogen) atoms. The molecule has 0 bridgehead atoms. The number of nitrogen functional groups attached to an aromatic ring is 1. The van der Waals surface area contributed by atoms with Crippen molar-refractivity contribution in [1.82, 2.24) is 10.3 Å². The van der Waals surface area contributed by atoms with Crippen molar-refractivity contribution in [2.75, 3.05) is 5.73 Å². The van der Waals surface area contributed by atoms with Crippen LogP contribution in [-0.4, -0.2) is 4.98 Å². The number of hydrogen-bond donors (Lipinski definition) is 2. The highest BCUT2D eigenvalue weighted by Gasteiger charge is 2.03. The number of hydrogen-bond acceptors (Lipinski definition) is 3. The van der Waals surface area contributed by atoms with Gasteiger partial charge in [-0.3, -0.25) is 4.98 Å². The average Bonchev–Trinajstić information content (AvgIpc) is 2.19. The summed E-state index contributed by atoms with van der Waals surface area (Å²) < 4.78 is 0. The maximum absolute atomic E-state index is 5.55. The lowest BCUT2D eigenvalue weighted by Crippen LogP contribution is -2.05. The van der Waals surface area contributed by atoms with E-state index in [0.29, 0.717) is 5.69 Å². The second kappa shape index (κ2) is 3.38. The summed E-state index contributed by atoms with van der Waals surface area (Å²) in [4.78, 5) is 4.22. The molecule has 0 saturated heterocycles. The Morgan fingerprint density at radius 2 is 2.21 bits per heavy atom. The van der Waals surface area contributed by atoms with E-state index in [0.717, 1.165) is 17.0 Å². The van der Waals surface area contributed by atoms with Gasteiger partial charge in [-0.05, 0) is 24.3 Å². The molecule has 0 spiro atoms. The number of nitrogens with two attached hydrogens (primary N) is 1.